The lowest BCUT2D eigenvalue weighted by atomic mass is 10.1. The molecule has 0 aliphatic rings. The van der Waals surface area contributed by atoms with Crippen molar-refractivity contribution in [2.75, 3.05) is 20.1 Å². The zero-order valence-electron chi connectivity index (χ0n) is 14.5. The maximum Gasteiger partial charge on any atom is 0.194 e. The highest BCUT2D eigenvalue weighted by Crippen LogP contribution is 2.15. The van der Waals surface area contributed by atoms with Crippen LogP contribution in [0.1, 0.15) is 18.2 Å². The van der Waals surface area contributed by atoms with Crippen LogP contribution in [-0.4, -0.2) is 40.7 Å². The fourth-order valence-electron chi connectivity index (χ4n) is 2.51. The number of phenolic OH excluding ortho intramolecular Hbond substituents is 1. The Kier molecular flexibility index (Phi) is 6.73. The summed E-state index contributed by atoms with van der Waals surface area (Å²) in [5, 5.41) is 12.9. The third kappa shape index (κ3) is 5.30. The molecule has 24 heavy (non-hydrogen) atoms. The number of aliphatic imine (C=N–C) groups is 1. The number of aromatic hydroxyl groups is 1. The van der Waals surface area contributed by atoms with Crippen molar-refractivity contribution in [1.82, 2.24) is 14.8 Å². The van der Waals surface area contributed by atoms with Crippen molar-refractivity contribution in [1.29, 1.82) is 0 Å². The Bertz CT molecular complexity index is 696. The molecule has 1 heterocycles. The molecule has 130 valence electrons. The molecule has 0 saturated carbocycles. The normalized spacial score (nSPS) is 11.6. The first-order valence-electron chi connectivity index (χ1n) is 8.07. The minimum atomic E-state index is 0.301. The van der Waals surface area contributed by atoms with Crippen molar-refractivity contribution < 1.29 is 5.11 Å². The second-order valence-corrected chi connectivity index (χ2v) is 6.69. The number of nitrogens with one attached hydrogen (secondary N) is 1. The Labute approximate surface area is 152 Å². The maximum atomic E-state index is 9.52. The number of aryl methyl sites for hydroxylation is 1. The van der Waals surface area contributed by atoms with Gasteiger partial charge < -0.3 is 19.9 Å². The van der Waals surface area contributed by atoms with Gasteiger partial charge >= 0.3 is 0 Å². The molecule has 0 spiro atoms. The lowest BCUT2D eigenvalue weighted by Gasteiger charge is -2.22. The Morgan fingerprint density at radius 3 is 2.79 bits per heavy atom. The van der Waals surface area contributed by atoms with Crippen LogP contribution in [0.5, 0.6) is 5.75 Å². The van der Waals surface area contributed by atoms with Crippen molar-refractivity contribution in [3.05, 3.63) is 52.3 Å². The van der Waals surface area contributed by atoms with Crippen molar-refractivity contribution in [2.45, 2.75) is 19.9 Å². The van der Waals surface area contributed by atoms with E-state index in [2.05, 4.69) is 49.9 Å². The average Bonchev–Trinajstić information content (AvgIpc) is 2.84. The number of phenols is 1. The molecular weight excluding hydrogens is 368 g/mol. The highest BCUT2D eigenvalue weighted by atomic mass is 79.9. The highest BCUT2D eigenvalue weighted by molar-refractivity contribution is 9.10. The van der Waals surface area contributed by atoms with E-state index < -0.39 is 0 Å². The van der Waals surface area contributed by atoms with Crippen LogP contribution >= 0.6 is 15.9 Å². The Morgan fingerprint density at radius 1 is 1.38 bits per heavy atom. The van der Waals surface area contributed by atoms with Gasteiger partial charge in [0.2, 0.25) is 0 Å². The van der Waals surface area contributed by atoms with Crippen LogP contribution < -0.4 is 5.32 Å². The molecule has 2 rings (SSSR count). The number of aromatic nitrogens is 1. The molecular formula is C18H25BrN4O. The molecule has 0 aliphatic heterocycles. The van der Waals surface area contributed by atoms with Gasteiger partial charge in [-0.3, -0.25) is 4.99 Å². The van der Waals surface area contributed by atoms with Crippen LogP contribution in [0.4, 0.5) is 0 Å². The molecule has 1 aromatic carbocycles. The first kappa shape index (κ1) is 18.4. The molecule has 1 aromatic heterocycles. The minimum Gasteiger partial charge on any atom is -0.508 e. The second kappa shape index (κ2) is 8.78. The van der Waals surface area contributed by atoms with Gasteiger partial charge in [0.1, 0.15) is 5.75 Å². The monoisotopic (exact) mass is 392 g/mol. The summed E-state index contributed by atoms with van der Waals surface area (Å²) < 4.78 is 3.19. The van der Waals surface area contributed by atoms with Gasteiger partial charge in [-0.05, 0) is 53.0 Å². The van der Waals surface area contributed by atoms with Gasteiger partial charge in [-0.15, -0.1) is 0 Å². The lowest BCUT2D eigenvalue weighted by Crippen LogP contribution is -2.39. The molecule has 5 nitrogen and oxygen atoms in total. The van der Waals surface area contributed by atoms with Crippen LogP contribution in [0.3, 0.4) is 0 Å². The number of benzene rings is 1. The van der Waals surface area contributed by atoms with Crippen LogP contribution in [0.2, 0.25) is 0 Å². The van der Waals surface area contributed by atoms with E-state index in [0.29, 0.717) is 12.3 Å². The van der Waals surface area contributed by atoms with Crippen molar-refractivity contribution in [3.8, 4) is 5.75 Å². The predicted octanol–water partition coefficient (Wildman–Crippen LogP) is 3.13. The quantitative estimate of drug-likeness (QED) is 0.586. The zero-order chi connectivity index (χ0) is 17.5. The fourth-order valence-corrected chi connectivity index (χ4v) is 3.09. The van der Waals surface area contributed by atoms with Gasteiger partial charge in [0, 0.05) is 43.5 Å². The average molecular weight is 393 g/mol. The summed E-state index contributed by atoms with van der Waals surface area (Å²) in [5.74, 6) is 1.18. The zero-order valence-corrected chi connectivity index (χ0v) is 16.0. The molecule has 0 saturated heterocycles. The smallest absolute Gasteiger partial charge is 0.194 e. The Hall–Kier alpha value is -1.95. The maximum absolute atomic E-state index is 9.52. The third-order valence-corrected chi connectivity index (χ3v) is 4.18. The predicted molar refractivity (Wildman–Crippen MR) is 102 cm³/mol. The third-order valence-electron chi connectivity index (χ3n) is 3.74. The summed E-state index contributed by atoms with van der Waals surface area (Å²) in [6.45, 7) is 4.34. The van der Waals surface area contributed by atoms with Gasteiger partial charge in [0.05, 0.1) is 6.54 Å². The SMILES string of the molecule is CCNC(=NCCc1cccc(O)c1)N(C)Cc1cc(Br)cn1C. The first-order valence-corrected chi connectivity index (χ1v) is 8.87. The molecule has 6 heteroatoms. The summed E-state index contributed by atoms with van der Waals surface area (Å²) in [7, 11) is 4.08. The minimum absolute atomic E-state index is 0.301. The summed E-state index contributed by atoms with van der Waals surface area (Å²) in [6, 6.07) is 9.45. The molecule has 2 N–H and O–H groups in total. The Morgan fingerprint density at radius 2 is 2.17 bits per heavy atom. The molecule has 0 radical (unpaired) electrons. The van der Waals surface area contributed by atoms with Crippen LogP contribution in [0.15, 0.2) is 46.0 Å². The van der Waals surface area contributed by atoms with E-state index in [9.17, 15) is 5.11 Å². The van der Waals surface area contributed by atoms with E-state index in [-0.39, 0.29) is 0 Å². The summed E-state index contributed by atoms with van der Waals surface area (Å²) >= 11 is 3.51. The standard InChI is InChI=1S/C18H25BrN4O/c1-4-20-18(21-9-8-14-6-5-7-17(24)10-14)23(3)13-16-11-15(19)12-22(16)2/h5-7,10-12,24H,4,8-9,13H2,1-3H3,(H,20,21). The van der Waals surface area contributed by atoms with E-state index in [4.69, 9.17) is 4.99 Å². The van der Waals surface area contributed by atoms with E-state index in [0.717, 1.165) is 35.5 Å². The van der Waals surface area contributed by atoms with Gasteiger partial charge in [0.15, 0.2) is 5.96 Å². The highest BCUT2D eigenvalue weighted by Gasteiger charge is 2.09. The summed E-state index contributed by atoms with van der Waals surface area (Å²) in [4.78, 5) is 6.82. The van der Waals surface area contributed by atoms with Crippen molar-refractivity contribution >= 4 is 21.9 Å². The molecule has 2 aromatic rings. The second-order valence-electron chi connectivity index (χ2n) is 5.77. The summed E-state index contributed by atoms with van der Waals surface area (Å²) in [6.07, 6.45) is 2.85. The topological polar surface area (TPSA) is 52.8 Å². The van der Waals surface area contributed by atoms with Crippen LogP contribution in [0, 0.1) is 0 Å². The number of nitrogens with zero attached hydrogens (tertiary/aromatic N) is 3. The molecule has 0 atom stereocenters. The lowest BCUT2D eigenvalue weighted by molar-refractivity contribution is 0.462. The number of halogens is 1. The van der Waals surface area contributed by atoms with E-state index in [1.165, 1.54) is 5.69 Å². The van der Waals surface area contributed by atoms with Crippen LogP contribution in [0.25, 0.3) is 0 Å². The number of hydrogen-bond acceptors (Lipinski definition) is 2. The fraction of sp³-hybridized carbons (Fsp3) is 0.389. The number of rotatable bonds is 6. The number of guanidine groups is 1. The number of hydrogen-bond donors (Lipinski definition) is 2. The van der Waals surface area contributed by atoms with Gasteiger partial charge in [0.25, 0.3) is 0 Å². The largest absolute Gasteiger partial charge is 0.508 e. The first-order chi connectivity index (χ1) is 11.5. The van der Waals surface area contributed by atoms with E-state index in [1.807, 2.05) is 26.2 Å². The molecule has 0 amide bonds. The van der Waals surface area contributed by atoms with E-state index >= 15 is 0 Å². The molecule has 0 bridgehead atoms. The van der Waals surface area contributed by atoms with E-state index in [1.54, 1.807) is 12.1 Å². The van der Waals surface area contributed by atoms with Gasteiger partial charge in [-0.1, -0.05) is 12.1 Å². The molecule has 0 fully saturated rings. The van der Waals surface area contributed by atoms with Crippen LogP contribution in [-0.2, 0) is 20.0 Å². The van der Waals surface area contributed by atoms with Crippen molar-refractivity contribution in [3.63, 3.8) is 0 Å². The summed E-state index contributed by atoms with van der Waals surface area (Å²) in [5.41, 5.74) is 2.30. The van der Waals surface area contributed by atoms with Gasteiger partial charge in [-0.2, -0.15) is 0 Å². The molecule has 0 unspecified atom stereocenters. The Balaban J connectivity index is 2.00. The van der Waals surface area contributed by atoms with Gasteiger partial charge in [-0.25, -0.2) is 0 Å². The van der Waals surface area contributed by atoms with Crippen molar-refractivity contribution in [2.24, 2.45) is 12.0 Å². The molecule has 0 aliphatic carbocycles.